The zero-order valence-electron chi connectivity index (χ0n) is 17.4. The van der Waals surface area contributed by atoms with Gasteiger partial charge in [0.2, 0.25) is 11.7 Å². The lowest BCUT2D eigenvalue weighted by Crippen LogP contribution is -2.58. The van der Waals surface area contributed by atoms with Crippen LogP contribution in [0.3, 0.4) is 0 Å². The fourth-order valence-corrected chi connectivity index (χ4v) is 4.13. The molecule has 0 radical (unpaired) electrons. The summed E-state index contributed by atoms with van der Waals surface area (Å²) in [6.07, 6.45) is 3.75. The summed E-state index contributed by atoms with van der Waals surface area (Å²) in [6.45, 7) is 3.88. The quantitative estimate of drug-likeness (QED) is 0.718. The van der Waals surface area contributed by atoms with Crippen LogP contribution in [0.15, 0.2) is 12.1 Å². The van der Waals surface area contributed by atoms with E-state index in [4.69, 9.17) is 19.9 Å². The second-order valence-corrected chi connectivity index (χ2v) is 7.47. The minimum Gasteiger partial charge on any atom is -0.493 e. The molecule has 1 aromatic carbocycles. The van der Waals surface area contributed by atoms with Crippen molar-refractivity contribution in [2.45, 2.75) is 37.8 Å². The molecule has 1 aromatic rings. The molecular weight excluding hydrogens is 417 g/mol. The van der Waals surface area contributed by atoms with Crippen LogP contribution in [0.1, 0.15) is 31.2 Å². The monoisotopic (exact) mass is 449 g/mol. The highest BCUT2D eigenvalue weighted by Crippen LogP contribution is 2.38. The van der Waals surface area contributed by atoms with Crippen molar-refractivity contribution in [1.29, 1.82) is 0 Å². The Kier molecular flexibility index (Phi) is 9.82. The molecule has 0 atom stereocenters. The largest absolute Gasteiger partial charge is 0.493 e. The van der Waals surface area contributed by atoms with E-state index >= 15 is 0 Å². The molecule has 7 nitrogen and oxygen atoms in total. The molecule has 1 amide bonds. The summed E-state index contributed by atoms with van der Waals surface area (Å²) >= 11 is 0. The average molecular weight is 450 g/mol. The summed E-state index contributed by atoms with van der Waals surface area (Å²) in [4.78, 5) is 17.0. The lowest BCUT2D eigenvalue weighted by molar-refractivity contribution is -0.138. The van der Waals surface area contributed by atoms with Gasteiger partial charge in [0.05, 0.1) is 26.9 Å². The number of amides is 1. The lowest BCUT2D eigenvalue weighted by Gasteiger charge is -2.38. The summed E-state index contributed by atoms with van der Waals surface area (Å²) in [5.74, 6) is 2.05. The van der Waals surface area contributed by atoms with Crippen molar-refractivity contribution < 1.29 is 19.0 Å². The summed E-state index contributed by atoms with van der Waals surface area (Å²) in [5, 5.41) is 0. The van der Waals surface area contributed by atoms with Crippen molar-refractivity contribution in [3.63, 3.8) is 0 Å². The Bertz CT molecular complexity index is 651. The minimum absolute atomic E-state index is 0. The number of hydrogen-bond acceptors (Lipinski definition) is 6. The highest BCUT2D eigenvalue weighted by atomic mass is 35.5. The molecule has 166 valence electrons. The summed E-state index contributed by atoms with van der Waals surface area (Å²) in [5.41, 5.74) is 6.81. The maximum absolute atomic E-state index is 12.8. The molecular formula is C20H33Cl2N3O4. The maximum Gasteiger partial charge on any atom is 0.242 e. The van der Waals surface area contributed by atoms with E-state index in [-0.39, 0.29) is 30.7 Å². The first kappa shape index (κ1) is 25.6. The zero-order chi connectivity index (χ0) is 19.4. The highest BCUT2D eigenvalue weighted by Gasteiger charge is 2.40. The van der Waals surface area contributed by atoms with Gasteiger partial charge in [-0.1, -0.05) is 12.8 Å². The van der Waals surface area contributed by atoms with Gasteiger partial charge in [0.25, 0.3) is 0 Å². The van der Waals surface area contributed by atoms with E-state index < -0.39 is 5.54 Å². The molecule has 0 unspecified atom stereocenters. The third-order valence-corrected chi connectivity index (χ3v) is 5.71. The van der Waals surface area contributed by atoms with Gasteiger partial charge in [0, 0.05) is 32.7 Å². The molecule has 3 rings (SSSR count). The number of methoxy groups -OCH3 is 3. The van der Waals surface area contributed by atoms with Gasteiger partial charge < -0.3 is 24.8 Å². The third-order valence-electron chi connectivity index (χ3n) is 5.71. The number of rotatable bonds is 6. The average Bonchev–Trinajstić information content (AvgIpc) is 3.15. The maximum atomic E-state index is 12.8. The van der Waals surface area contributed by atoms with Crippen molar-refractivity contribution in [2.24, 2.45) is 5.73 Å². The Morgan fingerprint density at radius 1 is 0.966 bits per heavy atom. The van der Waals surface area contributed by atoms with Crippen LogP contribution in [0.4, 0.5) is 0 Å². The summed E-state index contributed by atoms with van der Waals surface area (Å²) in [7, 11) is 4.85. The smallest absolute Gasteiger partial charge is 0.242 e. The van der Waals surface area contributed by atoms with Gasteiger partial charge in [-0.15, -0.1) is 24.8 Å². The first-order chi connectivity index (χ1) is 13.0. The van der Waals surface area contributed by atoms with E-state index in [1.807, 2.05) is 17.0 Å². The number of halogens is 2. The van der Waals surface area contributed by atoms with Crippen LogP contribution in [0.5, 0.6) is 17.2 Å². The first-order valence-electron chi connectivity index (χ1n) is 9.60. The number of ether oxygens (including phenoxy) is 3. The molecule has 0 aromatic heterocycles. The van der Waals surface area contributed by atoms with Gasteiger partial charge in [0.15, 0.2) is 11.5 Å². The van der Waals surface area contributed by atoms with Crippen LogP contribution in [-0.2, 0) is 11.3 Å². The molecule has 1 heterocycles. The number of nitrogens with zero attached hydrogens (tertiary/aromatic N) is 2. The second kappa shape index (κ2) is 11.1. The molecule has 0 bridgehead atoms. The van der Waals surface area contributed by atoms with E-state index in [1.165, 1.54) is 0 Å². The van der Waals surface area contributed by atoms with Crippen LogP contribution >= 0.6 is 24.8 Å². The molecule has 1 saturated heterocycles. The number of carbonyl (C=O) groups is 1. The molecule has 1 saturated carbocycles. The Labute approximate surface area is 185 Å². The predicted molar refractivity (Wildman–Crippen MR) is 118 cm³/mol. The van der Waals surface area contributed by atoms with Gasteiger partial charge in [0.1, 0.15) is 0 Å². The van der Waals surface area contributed by atoms with Gasteiger partial charge in [-0.2, -0.15) is 0 Å². The van der Waals surface area contributed by atoms with Gasteiger partial charge in [-0.3, -0.25) is 9.69 Å². The molecule has 2 N–H and O–H groups in total. The van der Waals surface area contributed by atoms with Crippen molar-refractivity contribution in [3.05, 3.63) is 17.7 Å². The van der Waals surface area contributed by atoms with Crippen molar-refractivity contribution in [1.82, 2.24) is 9.80 Å². The fraction of sp³-hybridized carbons (Fsp3) is 0.650. The first-order valence-corrected chi connectivity index (χ1v) is 9.60. The van der Waals surface area contributed by atoms with Crippen LogP contribution in [0.25, 0.3) is 0 Å². The zero-order valence-corrected chi connectivity index (χ0v) is 19.1. The molecule has 9 heteroatoms. The summed E-state index contributed by atoms with van der Waals surface area (Å²) < 4.78 is 16.3. The molecule has 1 aliphatic carbocycles. The molecule has 2 fully saturated rings. The fourth-order valence-electron chi connectivity index (χ4n) is 4.13. The van der Waals surface area contributed by atoms with E-state index in [1.54, 1.807) is 21.3 Å². The normalized spacial score (nSPS) is 18.4. The number of piperazine rings is 1. The SMILES string of the molecule is COc1cc(CN2CCN(C(=O)C3(N)CCCC3)CC2)cc(OC)c1OC.Cl.Cl. The van der Waals surface area contributed by atoms with Crippen LogP contribution in [-0.4, -0.2) is 68.8 Å². The van der Waals surface area contributed by atoms with E-state index in [9.17, 15) is 4.79 Å². The van der Waals surface area contributed by atoms with Crippen molar-refractivity contribution in [2.75, 3.05) is 47.5 Å². The molecule has 29 heavy (non-hydrogen) atoms. The van der Waals surface area contributed by atoms with E-state index in [0.717, 1.165) is 64.0 Å². The Morgan fingerprint density at radius 2 is 1.48 bits per heavy atom. The number of nitrogens with two attached hydrogens (primary N) is 1. The minimum atomic E-state index is -0.626. The molecule has 2 aliphatic rings. The van der Waals surface area contributed by atoms with Crippen molar-refractivity contribution in [3.8, 4) is 17.2 Å². The van der Waals surface area contributed by atoms with Crippen LogP contribution in [0.2, 0.25) is 0 Å². The molecule has 0 spiro atoms. The van der Waals surface area contributed by atoms with Gasteiger partial charge >= 0.3 is 0 Å². The Hall–Kier alpha value is -1.41. The Balaban J connectivity index is 0.00000210. The summed E-state index contributed by atoms with van der Waals surface area (Å²) in [6, 6.07) is 3.96. The van der Waals surface area contributed by atoms with Crippen molar-refractivity contribution >= 4 is 30.7 Å². The second-order valence-electron chi connectivity index (χ2n) is 7.47. The van der Waals surface area contributed by atoms with Crippen LogP contribution < -0.4 is 19.9 Å². The van der Waals surface area contributed by atoms with Crippen LogP contribution in [0, 0.1) is 0 Å². The standard InChI is InChI=1S/C20H31N3O4.2ClH/c1-25-16-12-15(13-17(26-2)18(16)27-3)14-22-8-10-23(11-9-22)19(24)20(21)6-4-5-7-20;;/h12-13H,4-11,14,21H2,1-3H3;2*1H. The van der Waals surface area contributed by atoms with E-state index in [0.29, 0.717) is 17.2 Å². The molecule has 1 aliphatic heterocycles. The number of hydrogen-bond donors (Lipinski definition) is 1. The number of carbonyl (C=O) groups excluding carboxylic acids is 1. The predicted octanol–water partition coefficient (Wildman–Crippen LogP) is 2.47. The number of benzene rings is 1. The Morgan fingerprint density at radius 3 is 1.93 bits per heavy atom. The van der Waals surface area contributed by atoms with Gasteiger partial charge in [-0.05, 0) is 30.5 Å². The topological polar surface area (TPSA) is 77.3 Å². The lowest BCUT2D eigenvalue weighted by atomic mass is 9.97. The highest BCUT2D eigenvalue weighted by molar-refractivity contribution is 5.86. The third kappa shape index (κ3) is 5.60. The van der Waals surface area contributed by atoms with Gasteiger partial charge in [-0.25, -0.2) is 0 Å². The van der Waals surface area contributed by atoms with E-state index in [2.05, 4.69) is 4.90 Å².